The first kappa shape index (κ1) is 24.4. The smallest absolute Gasteiger partial charge is 0.227 e. The van der Waals surface area contributed by atoms with Crippen molar-refractivity contribution in [2.45, 2.75) is 32.6 Å². The number of rotatable bonds is 6. The van der Waals surface area contributed by atoms with Gasteiger partial charge < -0.3 is 16.0 Å². The summed E-state index contributed by atoms with van der Waals surface area (Å²) < 4.78 is 0. The Morgan fingerprint density at radius 2 is 1.72 bits per heavy atom. The first-order valence-electron chi connectivity index (χ1n) is 13.0. The van der Waals surface area contributed by atoms with Crippen LogP contribution >= 0.6 is 0 Å². The quantitative estimate of drug-likeness (QED) is 0.219. The Hall–Kier alpha value is -4.92. The van der Waals surface area contributed by atoms with Crippen LogP contribution in [0.4, 0.5) is 11.5 Å². The Kier molecular flexibility index (Phi) is 6.32. The molecule has 1 aliphatic carbocycles. The minimum Gasteiger partial charge on any atom is -0.383 e. The summed E-state index contributed by atoms with van der Waals surface area (Å²) in [6, 6.07) is 11.8. The van der Waals surface area contributed by atoms with Crippen LogP contribution in [-0.2, 0) is 4.79 Å². The summed E-state index contributed by atoms with van der Waals surface area (Å²) in [7, 11) is 0. The number of nitrogen functional groups attached to an aromatic ring is 1. The topological polar surface area (TPSA) is 146 Å². The minimum absolute atomic E-state index is 0.0359. The highest BCUT2D eigenvalue weighted by molar-refractivity contribution is 6.13. The third-order valence-corrected chi connectivity index (χ3v) is 7.25. The van der Waals surface area contributed by atoms with Gasteiger partial charge in [-0.15, -0.1) is 0 Å². The molecule has 0 radical (unpaired) electrons. The van der Waals surface area contributed by atoms with Gasteiger partial charge in [0, 0.05) is 46.8 Å². The van der Waals surface area contributed by atoms with Crippen molar-refractivity contribution in [2.75, 3.05) is 11.1 Å². The maximum absolute atomic E-state index is 12.6. The number of hydrogen-bond donors (Lipinski definition) is 4. The van der Waals surface area contributed by atoms with Crippen LogP contribution in [0.2, 0.25) is 0 Å². The van der Waals surface area contributed by atoms with E-state index in [0.29, 0.717) is 17.1 Å². The number of amides is 1. The molecule has 4 heterocycles. The van der Waals surface area contributed by atoms with Gasteiger partial charge in [-0.3, -0.25) is 20.2 Å². The van der Waals surface area contributed by atoms with E-state index in [2.05, 4.69) is 25.3 Å². The van der Waals surface area contributed by atoms with Crippen molar-refractivity contribution in [3.05, 3.63) is 84.3 Å². The van der Waals surface area contributed by atoms with Gasteiger partial charge in [0.05, 0.1) is 29.1 Å². The van der Waals surface area contributed by atoms with E-state index >= 15 is 0 Å². The minimum atomic E-state index is 0.0359. The van der Waals surface area contributed by atoms with Crippen molar-refractivity contribution in [1.29, 1.82) is 5.41 Å². The molecule has 0 saturated heterocycles. The summed E-state index contributed by atoms with van der Waals surface area (Å²) in [4.78, 5) is 33.6. The number of aryl methyl sites for hydroxylation is 1. The van der Waals surface area contributed by atoms with Crippen LogP contribution in [0.3, 0.4) is 0 Å². The van der Waals surface area contributed by atoms with E-state index in [1.54, 1.807) is 37.1 Å². The average molecular weight is 517 g/mol. The Bertz CT molecular complexity index is 1700. The fourth-order valence-corrected chi connectivity index (χ4v) is 5.06. The molecule has 0 bridgehead atoms. The van der Waals surface area contributed by atoms with E-state index in [0.717, 1.165) is 59.0 Å². The predicted molar refractivity (Wildman–Crippen MR) is 152 cm³/mol. The largest absolute Gasteiger partial charge is 0.383 e. The molecule has 9 nitrogen and oxygen atoms in total. The van der Waals surface area contributed by atoms with E-state index in [-0.39, 0.29) is 23.4 Å². The van der Waals surface area contributed by atoms with E-state index in [9.17, 15) is 4.79 Å². The highest BCUT2D eigenvalue weighted by Gasteiger charge is 2.23. The molecule has 1 fully saturated rings. The second-order valence-corrected chi connectivity index (χ2v) is 10.00. The van der Waals surface area contributed by atoms with Crippen molar-refractivity contribution < 1.29 is 4.79 Å². The lowest BCUT2D eigenvalue weighted by Gasteiger charge is -2.12. The lowest BCUT2D eigenvalue weighted by molar-refractivity contribution is -0.119. The molecule has 1 saturated carbocycles. The molecule has 0 spiro atoms. The first-order chi connectivity index (χ1) is 19.0. The number of carbonyl (C=O) groups is 1. The molecule has 4 aromatic heterocycles. The number of aromatic nitrogens is 5. The number of aromatic amines is 1. The predicted octanol–water partition coefficient (Wildman–Crippen LogP) is 5.52. The highest BCUT2D eigenvalue weighted by atomic mass is 16.1. The SMILES string of the molecule is Cc1ccc(-c2cncc3[nH]c(C(=N)c4cc(-c5cncc(NC(=O)C6CCCC6)c5)cnc4N)nc23)cc1. The van der Waals surface area contributed by atoms with Crippen molar-refractivity contribution >= 4 is 34.2 Å². The number of anilines is 2. The molecule has 5 N–H and O–H groups in total. The number of nitrogens with two attached hydrogens (primary N) is 1. The molecule has 1 amide bonds. The van der Waals surface area contributed by atoms with Crippen LogP contribution in [-0.4, -0.2) is 36.5 Å². The molecule has 0 unspecified atom stereocenters. The van der Waals surface area contributed by atoms with Crippen molar-refractivity contribution in [1.82, 2.24) is 24.9 Å². The lowest BCUT2D eigenvalue weighted by atomic mass is 10.0. The van der Waals surface area contributed by atoms with Crippen LogP contribution in [0.15, 0.2) is 67.4 Å². The van der Waals surface area contributed by atoms with Gasteiger partial charge in [-0.2, -0.15) is 0 Å². The molecule has 5 aromatic rings. The normalized spacial score (nSPS) is 13.6. The summed E-state index contributed by atoms with van der Waals surface area (Å²) in [5.74, 6) is 0.686. The van der Waals surface area contributed by atoms with Gasteiger partial charge in [0.25, 0.3) is 0 Å². The summed E-state index contributed by atoms with van der Waals surface area (Å²) in [6.45, 7) is 2.04. The maximum Gasteiger partial charge on any atom is 0.227 e. The van der Waals surface area contributed by atoms with Crippen LogP contribution < -0.4 is 11.1 Å². The number of fused-ring (bicyclic) bond motifs is 1. The molecule has 1 aliphatic rings. The first-order valence-corrected chi connectivity index (χ1v) is 13.0. The second kappa shape index (κ2) is 10.1. The Balaban J connectivity index is 1.30. The average Bonchev–Trinajstić information content (AvgIpc) is 3.64. The van der Waals surface area contributed by atoms with E-state index in [1.807, 2.05) is 37.3 Å². The van der Waals surface area contributed by atoms with Crippen molar-refractivity contribution in [2.24, 2.45) is 5.92 Å². The zero-order chi connectivity index (χ0) is 26.9. The summed E-state index contributed by atoms with van der Waals surface area (Å²) in [5.41, 5.74) is 13.4. The van der Waals surface area contributed by atoms with Gasteiger partial charge in [0.1, 0.15) is 11.5 Å². The molecule has 194 valence electrons. The third kappa shape index (κ3) is 4.86. The number of pyridine rings is 3. The fraction of sp³-hybridized carbons (Fsp3) is 0.200. The monoisotopic (exact) mass is 516 g/mol. The summed E-state index contributed by atoms with van der Waals surface area (Å²) in [6.07, 6.45) is 12.5. The molecule has 39 heavy (non-hydrogen) atoms. The van der Waals surface area contributed by atoms with Gasteiger partial charge in [-0.25, -0.2) is 9.97 Å². The van der Waals surface area contributed by atoms with E-state index in [4.69, 9.17) is 16.1 Å². The van der Waals surface area contributed by atoms with Gasteiger partial charge in [0.15, 0.2) is 5.82 Å². The summed E-state index contributed by atoms with van der Waals surface area (Å²) >= 11 is 0. The Labute approximate surface area is 225 Å². The van der Waals surface area contributed by atoms with Crippen LogP contribution in [0, 0.1) is 18.3 Å². The fourth-order valence-electron chi connectivity index (χ4n) is 5.06. The Morgan fingerprint density at radius 1 is 0.974 bits per heavy atom. The third-order valence-electron chi connectivity index (χ3n) is 7.25. The van der Waals surface area contributed by atoms with Crippen LogP contribution in [0.5, 0.6) is 0 Å². The molecular formula is C30H28N8O. The number of benzene rings is 1. The van der Waals surface area contributed by atoms with Crippen LogP contribution in [0.25, 0.3) is 33.3 Å². The molecule has 0 atom stereocenters. The van der Waals surface area contributed by atoms with Crippen molar-refractivity contribution in [3.8, 4) is 22.3 Å². The number of imidazole rings is 1. The van der Waals surface area contributed by atoms with Crippen LogP contribution in [0.1, 0.15) is 42.6 Å². The highest BCUT2D eigenvalue weighted by Crippen LogP contribution is 2.30. The standard InChI is InChI=1S/C30H28N8O/c1-17-6-8-18(9-7-17)24-15-34-16-25-27(24)38-29(37-25)26(31)23-11-21(13-35-28(23)32)20-10-22(14-33-12-20)36-30(39)19-4-2-3-5-19/h6-16,19,31H,2-5H2,1H3,(H2,32,35)(H,36,39)(H,37,38). The number of H-pyrrole nitrogens is 1. The van der Waals surface area contributed by atoms with E-state index < -0.39 is 0 Å². The number of nitrogens with one attached hydrogen (secondary N) is 3. The molecular weight excluding hydrogens is 488 g/mol. The second-order valence-electron chi connectivity index (χ2n) is 10.00. The lowest BCUT2D eigenvalue weighted by Crippen LogP contribution is -2.20. The zero-order valence-corrected chi connectivity index (χ0v) is 21.5. The van der Waals surface area contributed by atoms with Gasteiger partial charge in [0.2, 0.25) is 5.91 Å². The summed E-state index contributed by atoms with van der Waals surface area (Å²) in [5, 5.41) is 11.9. The number of hydrogen-bond acceptors (Lipinski definition) is 7. The van der Waals surface area contributed by atoms with Gasteiger partial charge >= 0.3 is 0 Å². The Morgan fingerprint density at radius 3 is 2.51 bits per heavy atom. The van der Waals surface area contributed by atoms with Gasteiger partial charge in [-0.1, -0.05) is 42.7 Å². The number of nitrogens with zero attached hydrogens (tertiary/aromatic N) is 4. The molecule has 6 rings (SSSR count). The number of carbonyl (C=O) groups excluding carboxylic acids is 1. The van der Waals surface area contributed by atoms with E-state index in [1.165, 1.54) is 5.56 Å². The van der Waals surface area contributed by atoms with Crippen molar-refractivity contribution in [3.63, 3.8) is 0 Å². The maximum atomic E-state index is 12.6. The molecule has 0 aliphatic heterocycles. The molecule has 1 aromatic carbocycles. The van der Waals surface area contributed by atoms with Gasteiger partial charge in [-0.05, 0) is 37.5 Å². The molecule has 9 heteroatoms. The zero-order valence-electron chi connectivity index (χ0n) is 21.5.